The van der Waals surface area contributed by atoms with E-state index in [4.69, 9.17) is 0 Å². The molecule has 0 saturated carbocycles. The average molecular weight is 407 g/mol. The number of piperazine rings is 1. The maximum atomic E-state index is 3.50. The highest BCUT2D eigenvalue weighted by Crippen LogP contribution is 2.39. The number of nitrogens with one attached hydrogen (secondary N) is 1. The Hall–Kier alpha value is -1.06. The summed E-state index contributed by atoms with van der Waals surface area (Å²) in [5, 5.41) is 3.50. The van der Waals surface area contributed by atoms with Crippen LogP contribution in [0.2, 0.25) is 0 Å². The number of nitrogens with zero attached hydrogens (tertiary/aromatic N) is 1. The molecule has 148 valence electrons. The molecule has 1 fully saturated rings. The van der Waals surface area contributed by atoms with Gasteiger partial charge in [-0.3, -0.25) is 4.90 Å². The molecule has 2 aromatic carbocycles. The topological polar surface area (TPSA) is 15.3 Å². The van der Waals surface area contributed by atoms with Gasteiger partial charge in [0, 0.05) is 32.2 Å². The van der Waals surface area contributed by atoms with Crippen LogP contribution in [0.15, 0.2) is 42.5 Å². The molecule has 2 nitrogen and oxygen atoms in total. The second-order valence-electron chi connectivity index (χ2n) is 8.02. The second kappa shape index (κ2) is 9.93. The number of halogens is 2. The SMILES string of the molecule is CC(C)CC[C@H](c1ccc2c(c1)Cc1ccccc1-2)N1CCNCC1.Cl.Cl. The maximum Gasteiger partial charge on any atom is 0.0349 e. The van der Waals surface area contributed by atoms with Gasteiger partial charge in [0.15, 0.2) is 0 Å². The van der Waals surface area contributed by atoms with Crippen LogP contribution < -0.4 is 5.32 Å². The molecular weight excluding hydrogens is 375 g/mol. The second-order valence-corrected chi connectivity index (χ2v) is 8.02. The van der Waals surface area contributed by atoms with E-state index in [1.165, 1.54) is 53.7 Å². The lowest BCUT2D eigenvalue weighted by atomic mass is 9.93. The third-order valence-electron chi connectivity index (χ3n) is 5.81. The molecule has 0 spiro atoms. The van der Waals surface area contributed by atoms with Gasteiger partial charge in [0.25, 0.3) is 0 Å². The highest BCUT2D eigenvalue weighted by Gasteiger charge is 2.25. The molecular formula is C23H32Cl2N2. The van der Waals surface area contributed by atoms with Crippen LogP contribution in [0.5, 0.6) is 0 Å². The molecule has 1 aliphatic carbocycles. The summed E-state index contributed by atoms with van der Waals surface area (Å²) in [5.74, 6) is 0.768. The third kappa shape index (κ3) is 4.86. The van der Waals surface area contributed by atoms with Crippen molar-refractivity contribution in [2.45, 2.75) is 39.2 Å². The Bertz CT molecular complexity index is 739. The monoisotopic (exact) mass is 406 g/mol. The number of benzene rings is 2. The van der Waals surface area contributed by atoms with E-state index >= 15 is 0 Å². The van der Waals surface area contributed by atoms with Crippen LogP contribution in [0.3, 0.4) is 0 Å². The van der Waals surface area contributed by atoms with Crippen molar-refractivity contribution in [3.05, 3.63) is 59.2 Å². The van der Waals surface area contributed by atoms with Crippen molar-refractivity contribution in [1.29, 1.82) is 0 Å². The van der Waals surface area contributed by atoms with E-state index in [9.17, 15) is 0 Å². The van der Waals surface area contributed by atoms with Gasteiger partial charge in [-0.25, -0.2) is 0 Å². The Morgan fingerprint density at radius 3 is 2.33 bits per heavy atom. The van der Waals surface area contributed by atoms with Gasteiger partial charge in [-0.05, 0) is 53.0 Å². The zero-order valence-electron chi connectivity index (χ0n) is 16.4. The minimum absolute atomic E-state index is 0. The van der Waals surface area contributed by atoms with E-state index < -0.39 is 0 Å². The smallest absolute Gasteiger partial charge is 0.0349 e. The summed E-state index contributed by atoms with van der Waals surface area (Å²) in [4.78, 5) is 2.70. The lowest BCUT2D eigenvalue weighted by molar-refractivity contribution is 0.160. The molecule has 4 heteroatoms. The Kier molecular flexibility index (Phi) is 8.18. The lowest BCUT2D eigenvalue weighted by Crippen LogP contribution is -2.45. The first-order valence-electron chi connectivity index (χ1n) is 9.88. The van der Waals surface area contributed by atoms with Gasteiger partial charge in [-0.2, -0.15) is 0 Å². The summed E-state index contributed by atoms with van der Waals surface area (Å²) in [5.41, 5.74) is 7.40. The van der Waals surface area contributed by atoms with Crippen molar-refractivity contribution >= 4 is 24.8 Å². The molecule has 0 amide bonds. The van der Waals surface area contributed by atoms with Crippen LogP contribution in [0.25, 0.3) is 11.1 Å². The lowest BCUT2D eigenvalue weighted by Gasteiger charge is -2.36. The fraction of sp³-hybridized carbons (Fsp3) is 0.478. The molecule has 4 rings (SSSR count). The van der Waals surface area contributed by atoms with Crippen molar-refractivity contribution in [1.82, 2.24) is 10.2 Å². The minimum atomic E-state index is 0. The summed E-state index contributed by atoms with van der Waals surface area (Å²) < 4.78 is 0. The van der Waals surface area contributed by atoms with Crippen LogP contribution in [0.4, 0.5) is 0 Å². The zero-order chi connectivity index (χ0) is 17.2. The van der Waals surface area contributed by atoms with Gasteiger partial charge in [0.1, 0.15) is 0 Å². The standard InChI is InChI=1S/C23H30N2.2ClH/c1-17(2)7-10-23(25-13-11-24-12-14-25)19-8-9-22-20(16-19)15-18-5-3-4-6-21(18)22;;/h3-6,8-9,16-17,23-24H,7,10-15H2,1-2H3;2*1H/t23-;;/m1../s1. The first kappa shape index (κ1) is 22.2. The van der Waals surface area contributed by atoms with Gasteiger partial charge in [0.05, 0.1) is 0 Å². The van der Waals surface area contributed by atoms with E-state index in [0.29, 0.717) is 6.04 Å². The number of hydrogen-bond donors (Lipinski definition) is 1. The predicted octanol–water partition coefficient (Wildman–Crippen LogP) is 5.48. The van der Waals surface area contributed by atoms with E-state index in [1.54, 1.807) is 0 Å². The Balaban J connectivity index is 0.00000131. The summed E-state index contributed by atoms with van der Waals surface area (Å²) in [6.07, 6.45) is 3.66. The summed E-state index contributed by atoms with van der Waals surface area (Å²) in [6.45, 7) is 9.26. The Morgan fingerprint density at radius 2 is 1.59 bits per heavy atom. The van der Waals surface area contributed by atoms with Gasteiger partial charge >= 0.3 is 0 Å². The van der Waals surface area contributed by atoms with Crippen molar-refractivity contribution in [2.24, 2.45) is 5.92 Å². The minimum Gasteiger partial charge on any atom is -0.314 e. The average Bonchev–Trinajstić information content (AvgIpc) is 3.00. The molecule has 0 unspecified atom stereocenters. The van der Waals surface area contributed by atoms with Crippen LogP contribution in [-0.2, 0) is 6.42 Å². The molecule has 1 saturated heterocycles. The normalized spacial score (nSPS) is 16.9. The summed E-state index contributed by atoms with van der Waals surface area (Å²) >= 11 is 0. The third-order valence-corrected chi connectivity index (χ3v) is 5.81. The molecule has 2 aliphatic rings. The highest BCUT2D eigenvalue weighted by atomic mass is 35.5. The predicted molar refractivity (Wildman–Crippen MR) is 120 cm³/mol. The molecule has 0 radical (unpaired) electrons. The van der Waals surface area contributed by atoms with Crippen molar-refractivity contribution in [2.75, 3.05) is 26.2 Å². The van der Waals surface area contributed by atoms with Crippen LogP contribution in [0, 0.1) is 5.92 Å². The van der Waals surface area contributed by atoms with E-state index in [0.717, 1.165) is 25.4 Å². The van der Waals surface area contributed by atoms with Crippen molar-refractivity contribution in [3.8, 4) is 11.1 Å². The number of hydrogen-bond acceptors (Lipinski definition) is 2. The van der Waals surface area contributed by atoms with Gasteiger partial charge in [-0.1, -0.05) is 56.3 Å². The molecule has 1 N–H and O–H groups in total. The van der Waals surface area contributed by atoms with E-state index in [2.05, 4.69) is 66.5 Å². The molecule has 1 aliphatic heterocycles. The molecule has 1 heterocycles. The van der Waals surface area contributed by atoms with Gasteiger partial charge < -0.3 is 5.32 Å². The highest BCUT2D eigenvalue weighted by molar-refractivity contribution is 5.85. The molecule has 27 heavy (non-hydrogen) atoms. The maximum absolute atomic E-state index is 3.50. The first-order valence-corrected chi connectivity index (χ1v) is 9.88. The number of fused-ring (bicyclic) bond motifs is 3. The van der Waals surface area contributed by atoms with Crippen LogP contribution >= 0.6 is 24.8 Å². The molecule has 0 aromatic heterocycles. The largest absolute Gasteiger partial charge is 0.314 e. The Morgan fingerprint density at radius 1 is 0.889 bits per heavy atom. The van der Waals surface area contributed by atoms with Gasteiger partial charge in [-0.15, -0.1) is 24.8 Å². The fourth-order valence-electron chi connectivity index (χ4n) is 4.42. The van der Waals surface area contributed by atoms with Crippen molar-refractivity contribution < 1.29 is 0 Å². The van der Waals surface area contributed by atoms with Crippen molar-refractivity contribution in [3.63, 3.8) is 0 Å². The van der Waals surface area contributed by atoms with E-state index in [-0.39, 0.29) is 24.8 Å². The number of rotatable bonds is 5. The quantitative estimate of drug-likeness (QED) is 0.602. The van der Waals surface area contributed by atoms with Crippen LogP contribution in [-0.4, -0.2) is 31.1 Å². The van der Waals surface area contributed by atoms with E-state index in [1.807, 2.05) is 0 Å². The Labute approximate surface area is 176 Å². The molecule has 0 bridgehead atoms. The molecule has 1 atom stereocenters. The summed E-state index contributed by atoms with van der Waals surface area (Å²) in [6, 6.07) is 16.7. The van der Waals surface area contributed by atoms with Crippen LogP contribution in [0.1, 0.15) is 49.4 Å². The first-order chi connectivity index (χ1) is 12.2. The fourth-order valence-corrected chi connectivity index (χ4v) is 4.42. The zero-order valence-corrected chi connectivity index (χ0v) is 18.0. The summed E-state index contributed by atoms with van der Waals surface area (Å²) in [7, 11) is 0. The molecule has 2 aromatic rings. The van der Waals surface area contributed by atoms with Gasteiger partial charge in [0.2, 0.25) is 0 Å².